The highest BCUT2D eigenvalue weighted by Crippen LogP contribution is 2.49. The van der Waals surface area contributed by atoms with Gasteiger partial charge in [0.25, 0.3) is 0 Å². The summed E-state index contributed by atoms with van der Waals surface area (Å²) in [7, 11) is 1.57. The average Bonchev–Trinajstić information content (AvgIpc) is 3.38. The Morgan fingerprint density at radius 2 is 2.09 bits per heavy atom. The van der Waals surface area contributed by atoms with Crippen LogP contribution in [0.1, 0.15) is 51.1 Å². The van der Waals surface area contributed by atoms with Crippen LogP contribution in [0.15, 0.2) is 34.9 Å². The van der Waals surface area contributed by atoms with Gasteiger partial charge in [0, 0.05) is 17.8 Å². The monoisotopic (exact) mass is 489 g/mol. The highest BCUT2D eigenvalue weighted by atomic mass is 35.5. The van der Waals surface area contributed by atoms with Crippen molar-refractivity contribution in [2.75, 3.05) is 13.7 Å². The molecule has 3 aromatic rings. The van der Waals surface area contributed by atoms with Crippen molar-refractivity contribution in [2.24, 2.45) is 0 Å². The Morgan fingerprint density at radius 1 is 1.30 bits per heavy atom. The van der Waals surface area contributed by atoms with E-state index in [0.29, 0.717) is 53.1 Å². The minimum Gasteiger partial charge on any atom is -0.495 e. The largest absolute Gasteiger partial charge is 0.495 e. The molecule has 0 unspecified atom stereocenters. The number of pyridine rings is 1. The van der Waals surface area contributed by atoms with Gasteiger partial charge < -0.3 is 19.2 Å². The van der Waals surface area contributed by atoms with Crippen LogP contribution in [0.2, 0.25) is 5.22 Å². The number of furan rings is 1. The quantitative estimate of drug-likeness (QED) is 0.447. The predicted octanol–water partition coefficient (Wildman–Crippen LogP) is 4.49. The molecule has 3 heterocycles. The van der Waals surface area contributed by atoms with Gasteiger partial charge in [0.1, 0.15) is 16.5 Å². The van der Waals surface area contributed by atoms with Crippen molar-refractivity contribution in [1.29, 1.82) is 0 Å². The van der Waals surface area contributed by atoms with Crippen molar-refractivity contribution in [3.63, 3.8) is 0 Å². The van der Waals surface area contributed by atoms with Crippen LogP contribution < -0.4 is 4.74 Å². The summed E-state index contributed by atoms with van der Waals surface area (Å²) >= 11 is 7.16. The SMILES string of the molecule is COc1ccc(C2(C(=O)N(CCCc3ccc(Cl)o3)Cc3nc(C(=O)O)c(C)s3)CC2)nc1. The third-order valence-electron chi connectivity index (χ3n) is 5.76. The van der Waals surface area contributed by atoms with E-state index in [2.05, 4.69) is 9.97 Å². The van der Waals surface area contributed by atoms with E-state index >= 15 is 0 Å². The second-order valence-electron chi connectivity index (χ2n) is 8.02. The number of hydrogen-bond donors (Lipinski definition) is 1. The van der Waals surface area contributed by atoms with E-state index in [-0.39, 0.29) is 18.1 Å². The Hall–Kier alpha value is -2.91. The Kier molecular flexibility index (Phi) is 6.71. The van der Waals surface area contributed by atoms with Crippen LogP contribution >= 0.6 is 22.9 Å². The lowest BCUT2D eigenvalue weighted by Gasteiger charge is -2.26. The molecule has 1 amide bonds. The van der Waals surface area contributed by atoms with E-state index in [1.165, 1.54) is 11.3 Å². The summed E-state index contributed by atoms with van der Waals surface area (Å²) < 4.78 is 10.6. The first-order chi connectivity index (χ1) is 15.8. The molecule has 0 bridgehead atoms. The van der Waals surface area contributed by atoms with E-state index in [4.69, 9.17) is 20.8 Å². The molecule has 0 spiro atoms. The van der Waals surface area contributed by atoms with Gasteiger partial charge in [-0.2, -0.15) is 0 Å². The summed E-state index contributed by atoms with van der Waals surface area (Å²) in [6.07, 6.45) is 4.34. The van der Waals surface area contributed by atoms with Crippen LogP contribution in [0.3, 0.4) is 0 Å². The molecule has 1 saturated carbocycles. The van der Waals surface area contributed by atoms with Crippen molar-refractivity contribution < 1.29 is 23.8 Å². The molecule has 0 atom stereocenters. The Labute approximate surface area is 200 Å². The number of aromatic nitrogens is 2. The molecule has 0 radical (unpaired) electrons. The van der Waals surface area contributed by atoms with Crippen LogP contribution in [0.5, 0.6) is 5.75 Å². The van der Waals surface area contributed by atoms with Crippen LogP contribution in [0.4, 0.5) is 0 Å². The normalized spacial score (nSPS) is 14.2. The highest BCUT2D eigenvalue weighted by Gasteiger charge is 2.54. The maximum atomic E-state index is 13.7. The molecule has 0 saturated heterocycles. The molecular formula is C23H24ClN3O5S. The van der Waals surface area contributed by atoms with Gasteiger partial charge in [-0.15, -0.1) is 11.3 Å². The number of methoxy groups -OCH3 is 1. The minimum absolute atomic E-state index is 0.0256. The smallest absolute Gasteiger partial charge is 0.355 e. The van der Waals surface area contributed by atoms with Crippen LogP contribution in [-0.4, -0.2) is 45.5 Å². The zero-order valence-electron chi connectivity index (χ0n) is 18.3. The number of carbonyl (C=O) groups is 2. The Balaban J connectivity index is 1.54. The molecular weight excluding hydrogens is 466 g/mol. The maximum absolute atomic E-state index is 13.7. The molecule has 33 heavy (non-hydrogen) atoms. The fourth-order valence-electron chi connectivity index (χ4n) is 3.85. The number of carboxylic acid groups (broad SMARTS) is 1. The van der Waals surface area contributed by atoms with E-state index in [1.54, 1.807) is 31.2 Å². The Morgan fingerprint density at radius 3 is 2.64 bits per heavy atom. The first-order valence-corrected chi connectivity index (χ1v) is 11.8. The number of aromatic carboxylic acids is 1. The number of halogens is 1. The molecule has 1 aliphatic carbocycles. The first kappa shape index (κ1) is 23.3. The Bertz CT molecular complexity index is 1150. The molecule has 1 aliphatic rings. The van der Waals surface area contributed by atoms with Crippen LogP contribution in [0, 0.1) is 6.92 Å². The lowest BCUT2D eigenvalue weighted by atomic mass is 9.99. The lowest BCUT2D eigenvalue weighted by Crippen LogP contribution is -2.40. The maximum Gasteiger partial charge on any atom is 0.355 e. The van der Waals surface area contributed by atoms with Crippen molar-refractivity contribution in [2.45, 2.75) is 44.6 Å². The number of amides is 1. The van der Waals surface area contributed by atoms with Gasteiger partial charge in [0.15, 0.2) is 10.9 Å². The number of ether oxygens (including phenoxy) is 1. The number of hydrogen-bond acceptors (Lipinski definition) is 7. The predicted molar refractivity (Wildman–Crippen MR) is 123 cm³/mol. The molecule has 0 aromatic carbocycles. The summed E-state index contributed by atoms with van der Waals surface area (Å²) in [6.45, 7) is 2.44. The number of thiazole rings is 1. The molecule has 4 rings (SSSR count). The number of carbonyl (C=O) groups excluding carboxylic acids is 1. The van der Waals surface area contributed by atoms with Crippen molar-refractivity contribution >= 4 is 34.8 Å². The molecule has 8 nitrogen and oxygen atoms in total. The second-order valence-corrected chi connectivity index (χ2v) is 9.68. The highest BCUT2D eigenvalue weighted by molar-refractivity contribution is 7.11. The third-order valence-corrected chi connectivity index (χ3v) is 6.92. The van der Waals surface area contributed by atoms with Gasteiger partial charge >= 0.3 is 5.97 Å². The van der Waals surface area contributed by atoms with Crippen molar-refractivity contribution in [3.05, 3.63) is 62.7 Å². The molecule has 3 aromatic heterocycles. The van der Waals surface area contributed by atoms with Crippen LogP contribution in [0.25, 0.3) is 0 Å². The lowest BCUT2D eigenvalue weighted by molar-refractivity contribution is -0.134. The van der Waals surface area contributed by atoms with Crippen LogP contribution in [-0.2, 0) is 23.2 Å². The fourth-order valence-corrected chi connectivity index (χ4v) is 4.96. The molecule has 1 N–H and O–H groups in total. The molecule has 174 valence electrons. The average molecular weight is 490 g/mol. The van der Waals surface area contributed by atoms with E-state index in [1.807, 2.05) is 18.2 Å². The number of carboxylic acids is 1. The standard InChI is InChI=1S/C23H24ClN3O5S/c1-14-20(21(28)29)26-19(33-14)13-27(11-3-4-15-6-8-18(24)32-15)22(30)23(9-10-23)17-7-5-16(31-2)12-25-17/h5-8,12H,3-4,9-11,13H2,1-2H3,(H,28,29). The van der Waals surface area contributed by atoms with Gasteiger partial charge in [-0.1, -0.05) is 0 Å². The molecule has 10 heteroatoms. The summed E-state index contributed by atoms with van der Waals surface area (Å²) in [6, 6.07) is 7.16. The number of rotatable bonds is 10. The van der Waals surface area contributed by atoms with E-state index in [0.717, 1.165) is 11.5 Å². The van der Waals surface area contributed by atoms with Crippen molar-refractivity contribution in [1.82, 2.24) is 14.9 Å². The van der Waals surface area contributed by atoms with E-state index < -0.39 is 11.4 Å². The van der Waals surface area contributed by atoms with Gasteiger partial charge in [-0.3, -0.25) is 9.78 Å². The fraction of sp³-hybridized carbons (Fsp3) is 0.391. The van der Waals surface area contributed by atoms with Gasteiger partial charge in [-0.05, 0) is 62.1 Å². The first-order valence-electron chi connectivity index (χ1n) is 10.6. The number of aryl methyl sites for hydroxylation is 2. The third kappa shape index (κ3) is 5.04. The minimum atomic E-state index is -1.07. The number of nitrogens with zero attached hydrogens (tertiary/aromatic N) is 3. The van der Waals surface area contributed by atoms with Gasteiger partial charge in [0.2, 0.25) is 5.91 Å². The van der Waals surface area contributed by atoms with Gasteiger partial charge in [0.05, 0.1) is 31.0 Å². The summed E-state index contributed by atoms with van der Waals surface area (Å²) in [5.41, 5.74) is 0.0885. The van der Waals surface area contributed by atoms with Crippen molar-refractivity contribution in [3.8, 4) is 5.75 Å². The summed E-state index contributed by atoms with van der Waals surface area (Å²) in [5, 5.41) is 10.3. The molecule has 0 aliphatic heterocycles. The molecule has 1 fully saturated rings. The van der Waals surface area contributed by atoms with E-state index in [9.17, 15) is 14.7 Å². The zero-order valence-corrected chi connectivity index (χ0v) is 19.9. The topological polar surface area (TPSA) is 106 Å². The summed E-state index contributed by atoms with van der Waals surface area (Å²) in [4.78, 5) is 36.3. The summed E-state index contributed by atoms with van der Waals surface area (Å²) in [5.74, 6) is 0.296. The van der Waals surface area contributed by atoms with Gasteiger partial charge in [-0.25, -0.2) is 9.78 Å². The second kappa shape index (κ2) is 9.52. The zero-order chi connectivity index (χ0) is 23.6.